The molecule has 194 valence electrons. The molecule has 1 saturated heterocycles. The summed E-state index contributed by atoms with van der Waals surface area (Å²) < 4.78 is 13.4. The normalized spacial score (nSPS) is 17.6. The standard InChI is InChI=1S/C31H32N3O3P/c32-29-20-21-34(31(35)33-29)30-19-18-25(37-30)24-36-22-10-11-23-38(26-12-4-1-5-13-26,27-14-6-2-7-15-27)28-16-8-3-9-17-28/h1-10,12-17,20-22,25,30H,11,18-19,23-24H2,(H-,32,33,35)/p+1/b22-10+/t25-,30+/m0/s1. The number of rotatable bonds is 10. The SMILES string of the molecule is Nc1ccn([C@H]2CC[C@@H](CO/C=C/CC[P+](c3ccccc3)(c3ccccc3)c3ccccc3)O2)c(=O)n1. The number of benzene rings is 3. The van der Waals surface area contributed by atoms with E-state index in [0.29, 0.717) is 6.61 Å². The van der Waals surface area contributed by atoms with Crippen molar-refractivity contribution in [2.24, 2.45) is 0 Å². The summed E-state index contributed by atoms with van der Waals surface area (Å²) in [6.07, 6.45) is 8.59. The third-order valence-corrected chi connectivity index (χ3v) is 11.4. The highest BCUT2D eigenvalue weighted by molar-refractivity contribution is 7.95. The van der Waals surface area contributed by atoms with Gasteiger partial charge in [0, 0.05) is 12.6 Å². The van der Waals surface area contributed by atoms with Gasteiger partial charge in [0.2, 0.25) is 0 Å². The Labute approximate surface area is 224 Å². The molecule has 3 aromatic carbocycles. The Morgan fingerprint density at radius 3 is 2.03 bits per heavy atom. The minimum atomic E-state index is -1.85. The fraction of sp³-hybridized carbons (Fsp3) is 0.226. The second-order valence-corrected chi connectivity index (χ2v) is 13.0. The molecule has 0 bridgehead atoms. The van der Waals surface area contributed by atoms with Gasteiger partial charge in [-0.05, 0) is 61.4 Å². The molecule has 38 heavy (non-hydrogen) atoms. The number of anilines is 1. The maximum absolute atomic E-state index is 12.1. The summed E-state index contributed by atoms with van der Waals surface area (Å²) in [6, 6.07) is 34.3. The third-order valence-electron chi connectivity index (χ3n) is 6.94. The monoisotopic (exact) mass is 526 g/mol. The van der Waals surface area contributed by atoms with Crippen LogP contribution in [0.3, 0.4) is 0 Å². The average molecular weight is 527 g/mol. The molecule has 6 nitrogen and oxygen atoms in total. The van der Waals surface area contributed by atoms with Crippen LogP contribution in [0.5, 0.6) is 0 Å². The number of aromatic nitrogens is 2. The van der Waals surface area contributed by atoms with Gasteiger partial charge in [-0.25, -0.2) is 4.79 Å². The number of nitrogens with zero attached hydrogens (tertiary/aromatic N) is 2. The molecule has 1 aromatic heterocycles. The van der Waals surface area contributed by atoms with Gasteiger partial charge in [-0.15, -0.1) is 0 Å². The molecule has 1 aliphatic rings. The van der Waals surface area contributed by atoms with Crippen LogP contribution in [0, 0.1) is 0 Å². The molecule has 0 unspecified atom stereocenters. The predicted molar refractivity (Wildman–Crippen MR) is 156 cm³/mol. The van der Waals surface area contributed by atoms with E-state index >= 15 is 0 Å². The summed E-state index contributed by atoms with van der Waals surface area (Å²) in [5.74, 6) is 0.215. The van der Waals surface area contributed by atoms with E-state index in [1.807, 2.05) is 0 Å². The first-order valence-corrected chi connectivity index (χ1v) is 15.0. The Morgan fingerprint density at radius 1 is 0.895 bits per heavy atom. The van der Waals surface area contributed by atoms with Gasteiger partial charge in [0.15, 0.2) is 0 Å². The summed E-state index contributed by atoms with van der Waals surface area (Å²) in [5.41, 5.74) is 5.20. The topological polar surface area (TPSA) is 79.4 Å². The van der Waals surface area contributed by atoms with E-state index in [2.05, 4.69) is 102 Å². The summed E-state index contributed by atoms with van der Waals surface area (Å²) >= 11 is 0. The Kier molecular flexibility index (Phi) is 8.32. The number of hydrogen-bond acceptors (Lipinski definition) is 5. The van der Waals surface area contributed by atoms with Gasteiger partial charge in [0.25, 0.3) is 0 Å². The Morgan fingerprint density at radius 2 is 1.47 bits per heavy atom. The first-order valence-electron chi connectivity index (χ1n) is 13.0. The van der Waals surface area contributed by atoms with Gasteiger partial charge in [-0.2, -0.15) is 4.98 Å². The van der Waals surface area contributed by atoms with Crippen LogP contribution in [-0.4, -0.2) is 28.4 Å². The van der Waals surface area contributed by atoms with Crippen molar-refractivity contribution in [3.63, 3.8) is 0 Å². The van der Waals surface area contributed by atoms with Crippen molar-refractivity contribution in [1.82, 2.24) is 9.55 Å². The predicted octanol–water partition coefficient (Wildman–Crippen LogP) is 4.42. The summed E-state index contributed by atoms with van der Waals surface area (Å²) in [7, 11) is -1.85. The van der Waals surface area contributed by atoms with Crippen molar-refractivity contribution in [3.05, 3.63) is 126 Å². The van der Waals surface area contributed by atoms with Crippen LogP contribution in [0.2, 0.25) is 0 Å². The lowest BCUT2D eigenvalue weighted by Gasteiger charge is -2.27. The minimum absolute atomic E-state index is 0.0707. The lowest BCUT2D eigenvalue weighted by molar-refractivity contribution is -0.0273. The number of ether oxygens (including phenoxy) is 2. The summed E-state index contributed by atoms with van der Waals surface area (Å²) in [5, 5.41) is 4.14. The molecule has 2 heterocycles. The molecule has 0 aliphatic carbocycles. The zero-order valence-corrected chi connectivity index (χ0v) is 22.2. The van der Waals surface area contributed by atoms with E-state index in [9.17, 15) is 4.79 Å². The Bertz CT molecular complexity index is 1300. The second kappa shape index (κ2) is 12.2. The summed E-state index contributed by atoms with van der Waals surface area (Å²) in [4.78, 5) is 15.9. The maximum Gasteiger partial charge on any atom is 0.351 e. The van der Waals surface area contributed by atoms with Gasteiger partial charge >= 0.3 is 5.69 Å². The second-order valence-electron chi connectivity index (χ2n) is 9.37. The van der Waals surface area contributed by atoms with Crippen LogP contribution in [0.1, 0.15) is 25.5 Å². The number of nitrogens with two attached hydrogens (primary N) is 1. The zero-order valence-electron chi connectivity index (χ0n) is 21.3. The molecule has 0 radical (unpaired) electrons. The molecule has 0 amide bonds. The van der Waals surface area contributed by atoms with E-state index in [4.69, 9.17) is 15.2 Å². The fourth-order valence-corrected chi connectivity index (χ4v) is 9.36. The molecule has 4 aromatic rings. The molecule has 5 rings (SSSR count). The van der Waals surface area contributed by atoms with Crippen LogP contribution in [0.25, 0.3) is 0 Å². The van der Waals surface area contributed by atoms with Crippen LogP contribution >= 0.6 is 7.26 Å². The number of nitrogen functional groups attached to an aromatic ring is 1. The largest absolute Gasteiger partial charge is 0.499 e. The van der Waals surface area contributed by atoms with E-state index in [1.165, 1.54) is 20.5 Å². The zero-order chi connectivity index (χ0) is 26.2. The molecule has 7 heteroatoms. The van der Waals surface area contributed by atoms with Crippen LogP contribution in [-0.2, 0) is 9.47 Å². The van der Waals surface area contributed by atoms with Crippen molar-refractivity contribution < 1.29 is 9.47 Å². The minimum Gasteiger partial charge on any atom is -0.499 e. The molecule has 2 N–H and O–H groups in total. The Hall–Kier alpha value is -3.73. The first-order chi connectivity index (χ1) is 18.7. The third kappa shape index (κ3) is 5.72. The fourth-order valence-electron chi connectivity index (χ4n) is 5.11. The molecular weight excluding hydrogens is 493 g/mol. The average Bonchev–Trinajstić information content (AvgIpc) is 3.43. The molecule has 2 atom stereocenters. The quantitative estimate of drug-likeness (QED) is 0.245. The lowest BCUT2D eigenvalue weighted by atomic mass is 10.2. The smallest absolute Gasteiger partial charge is 0.351 e. The van der Waals surface area contributed by atoms with Gasteiger partial charge in [-0.3, -0.25) is 4.57 Å². The van der Waals surface area contributed by atoms with Crippen molar-refractivity contribution >= 4 is 29.0 Å². The molecule has 1 fully saturated rings. The van der Waals surface area contributed by atoms with E-state index in [0.717, 1.165) is 25.4 Å². The van der Waals surface area contributed by atoms with Crippen molar-refractivity contribution in [2.45, 2.75) is 31.6 Å². The van der Waals surface area contributed by atoms with Gasteiger partial charge in [0.05, 0.1) is 18.5 Å². The van der Waals surface area contributed by atoms with Crippen LogP contribution in [0.15, 0.2) is 120 Å². The maximum atomic E-state index is 12.1. The molecule has 0 spiro atoms. The van der Waals surface area contributed by atoms with E-state index < -0.39 is 13.0 Å². The highest BCUT2D eigenvalue weighted by Crippen LogP contribution is 2.55. The van der Waals surface area contributed by atoms with Crippen LogP contribution in [0.4, 0.5) is 5.82 Å². The Balaban J connectivity index is 1.25. The number of hydrogen-bond donors (Lipinski definition) is 1. The van der Waals surface area contributed by atoms with E-state index in [-0.39, 0.29) is 18.1 Å². The van der Waals surface area contributed by atoms with Crippen LogP contribution < -0.4 is 27.3 Å². The van der Waals surface area contributed by atoms with E-state index in [1.54, 1.807) is 18.5 Å². The van der Waals surface area contributed by atoms with Gasteiger partial charge in [0.1, 0.15) is 41.8 Å². The summed E-state index contributed by atoms with van der Waals surface area (Å²) in [6.45, 7) is 0.445. The van der Waals surface area contributed by atoms with Crippen molar-refractivity contribution in [2.75, 3.05) is 18.5 Å². The molecule has 0 saturated carbocycles. The van der Waals surface area contributed by atoms with Crippen molar-refractivity contribution in [3.8, 4) is 0 Å². The van der Waals surface area contributed by atoms with Gasteiger partial charge in [-0.1, -0.05) is 54.6 Å². The highest BCUT2D eigenvalue weighted by atomic mass is 31.2. The molecule has 1 aliphatic heterocycles. The number of allylic oxidation sites excluding steroid dienone is 1. The highest BCUT2D eigenvalue weighted by Gasteiger charge is 2.44. The molecular formula is C31H33N3O3P+. The van der Waals surface area contributed by atoms with Gasteiger partial charge < -0.3 is 15.2 Å². The first kappa shape index (κ1) is 25.9. The lowest BCUT2D eigenvalue weighted by Crippen LogP contribution is -2.33. The van der Waals surface area contributed by atoms with Crippen molar-refractivity contribution in [1.29, 1.82) is 0 Å².